The summed E-state index contributed by atoms with van der Waals surface area (Å²) in [7, 11) is 0. The van der Waals surface area contributed by atoms with Crippen molar-refractivity contribution in [3.63, 3.8) is 0 Å². The molecule has 142 valence electrons. The van der Waals surface area contributed by atoms with E-state index in [1.807, 2.05) is 19.1 Å². The Kier molecular flexibility index (Phi) is 6.85. The van der Waals surface area contributed by atoms with E-state index in [2.05, 4.69) is 0 Å². The molecule has 1 N–H and O–H groups in total. The van der Waals surface area contributed by atoms with Crippen LogP contribution in [0.25, 0.3) is 0 Å². The Hall–Kier alpha value is -2.28. The molecule has 2 saturated heterocycles. The lowest BCUT2D eigenvalue weighted by molar-refractivity contribution is -0.158. The van der Waals surface area contributed by atoms with Crippen molar-refractivity contribution in [3.05, 3.63) is 28.8 Å². The highest BCUT2D eigenvalue weighted by atomic mass is 35.5. The summed E-state index contributed by atoms with van der Waals surface area (Å²) in [5, 5.41) is 7.44. The van der Waals surface area contributed by atoms with Gasteiger partial charge < -0.3 is 19.6 Å². The van der Waals surface area contributed by atoms with Crippen LogP contribution in [0.1, 0.15) is 25.3 Å². The van der Waals surface area contributed by atoms with Gasteiger partial charge in [0.15, 0.2) is 0 Å². The zero-order valence-electron chi connectivity index (χ0n) is 14.9. The number of ether oxygens (including phenoxy) is 1. The van der Waals surface area contributed by atoms with Crippen molar-refractivity contribution >= 4 is 29.9 Å². The molecule has 0 bridgehead atoms. The van der Waals surface area contributed by atoms with Crippen LogP contribution in [0.4, 0.5) is 0 Å². The van der Waals surface area contributed by atoms with Gasteiger partial charge in [-0.15, -0.1) is 0 Å². The Labute approximate surface area is 157 Å². The molecular formula is C18H23ClN2O5. The Bertz CT molecular complexity index is 682. The van der Waals surface area contributed by atoms with E-state index in [-0.39, 0.29) is 24.3 Å². The quantitative estimate of drug-likeness (QED) is 0.804. The fourth-order valence-corrected chi connectivity index (χ4v) is 3.49. The molecule has 0 unspecified atom stereocenters. The lowest BCUT2D eigenvalue weighted by Gasteiger charge is -2.40. The molecule has 0 aromatic heterocycles. The number of hydrogen-bond acceptors (Lipinski definition) is 4. The van der Waals surface area contributed by atoms with Gasteiger partial charge in [-0.25, -0.2) is 0 Å². The molecule has 7 nitrogen and oxygen atoms in total. The van der Waals surface area contributed by atoms with Crippen molar-refractivity contribution in [2.45, 2.75) is 38.8 Å². The molecular weight excluding hydrogens is 360 g/mol. The average molecular weight is 383 g/mol. The SMILES string of the molecule is Cc1ccc(Cl)c(OCCN2C(=O)[C@@H]3CCCN3C(=O)[C@@H]2C)c1.O=CO. The minimum absolute atomic E-state index is 0.0357. The van der Waals surface area contributed by atoms with Gasteiger partial charge in [-0.1, -0.05) is 17.7 Å². The number of fused-ring (bicyclic) bond motifs is 1. The third-order valence-corrected chi connectivity index (χ3v) is 4.92. The second-order valence-electron chi connectivity index (χ2n) is 6.29. The number of aryl methyl sites for hydroxylation is 1. The van der Waals surface area contributed by atoms with Crippen LogP contribution in [0.5, 0.6) is 5.75 Å². The van der Waals surface area contributed by atoms with Crippen LogP contribution in [-0.2, 0) is 14.4 Å². The molecule has 2 fully saturated rings. The molecule has 0 saturated carbocycles. The lowest BCUT2D eigenvalue weighted by Crippen LogP contribution is -2.62. The van der Waals surface area contributed by atoms with Crippen LogP contribution >= 0.6 is 11.6 Å². The van der Waals surface area contributed by atoms with Crippen LogP contribution in [0, 0.1) is 6.92 Å². The average Bonchev–Trinajstić information content (AvgIpc) is 3.10. The van der Waals surface area contributed by atoms with E-state index < -0.39 is 6.04 Å². The number of halogens is 1. The number of carboxylic acid groups (broad SMARTS) is 1. The first-order valence-corrected chi connectivity index (χ1v) is 8.86. The van der Waals surface area contributed by atoms with E-state index in [9.17, 15) is 9.59 Å². The van der Waals surface area contributed by atoms with Crippen molar-refractivity contribution in [1.82, 2.24) is 9.80 Å². The van der Waals surface area contributed by atoms with Gasteiger partial charge in [0.1, 0.15) is 24.4 Å². The summed E-state index contributed by atoms with van der Waals surface area (Å²) in [5.74, 6) is 0.687. The van der Waals surface area contributed by atoms with E-state index in [0.717, 1.165) is 18.4 Å². The van der Waals surface area contributed by atoms with Crippen LogP contribution in [0.15, 0.2) is 18.2 Å². The topological polar surface area (TPSA) is 87.2 Å². The van der Waals surface area contributed by atoms with Crippen molar-refractivity contribution in [2.75, 3.05) is 19.7 Å². The van der Waals surface area contributed by atoms with Crippen LogP contribution in [-0.4, -0.2) is 65.0 Å². The fraction of sp³-hybridized carbons (Fsp3) is 0.500. The summed E-state index contributed by atoms with van der Waals surface area (Å²) in [4.78, 5) is 36.7. The Morgan fingerprint density at radius 3 is 2.73 bits per heavy atom. The maximum Gasteiger partial charge on any atom is 0.290 e. The van der Waals surface area contributed by atoms with Gasteiger partial charge in [0, 0.05) is 6.54 Å². The summed E-state index contributed by atoms with van der Waals surface area (Å²) in [6.45, 7) is 4.91. The maximum absolute atomic E-state index is 12.6. The van der Waals surface area contributed by atoms with Crippen molar-refractivity contribution in [2.24, 2.45) is 0 Å². The second-order valence-corrected chi connectivity index (χ2v) is 6.69. The van der Waals surface area contributed by atoms with Gasteiger partial charge in [-0.3, -0.25) is 14.4 Å². The molecule has 0 spiro atoms. The lowest BCUT2D eigenvalue weighted by atomic mass is 10.1. The zero-order chi connectivity index (χ0) is 19.3. The smallest absolute Gasteiger partial charge is 0.290 e. The van der Waals surface area contributed by atoms with Gasteiger partial charge in [0.05, 0.1) is 11.6 Å². The maximum atomic E-state index is 12.6. The van der Waals surface area contributed by atoms with Crippen LogP contribution < -0.4 is 4.74 Å². The van der Waals surface area contributed by atoms with E-state index in [0.29, 0.717) is 30.5 Å². The molecule has 0 radical (unpaired) electrons. The number of carbonyl (C=O) groups excluding carboxylic acids is 2. The largest absolute Gasteiger partial charge is 0.490 e. The summed E-state index contributed by atoms with van der Waals surface area (Å²) in [5.41, 5.74) is 1.06. The number of carbonyl (C=O) groups is 3. The molecule has 0 aliphatic carbocycles. The summed E-state index contributed by atoms with van der Waals surface area (Å²) >= 11 is 6.10. The van der Waals surface area contributed by atoms with Gasteiger partial charge in [-0.2, -0.15) is 0 Å². The zero-order valence-corrected chi connectivity index (χ0v) is 15.6. The number of amides is 2. The summed E-state index contributed by atoms with van der Waals surface area (Å²) < 4.78 is 5.71. The Balaban J connectivity index is 0.000000758. The molecule has 2 aliphatic rings. The number of hydrogen-bond donors (Lipinski definition) is 1. The van der Waals surface area contributed by atoms with Gasteiger partial charge in [0.2, 0.25) is 11.8 Å². The van der Waals surface area contributed by atoms with Crippen molar-refractivity contribution in [3.8, 4) is 5.75 Å². The standard InChI is InChI=1S/C17H21ClN2O3.CH2O2/c1-11-5-6-13(18)15(10-11)23-9-8-19-12(2)16(21)20-7-3-4-14(20)17(19)22;2-1-3/h5-6,10,12,14H,3-4,7-9H2,1-2H3;1H,(H,2,3)/t12-,14-;/m0./s1. The number of piperazine rings is 1. The molecule has 8 heteroatoms. The minimum atomic E-state index is -0.423. The van der Waals surface area contributed by atoms with Gasteiger partial charge in [0.25, 0.3) is 6.47 Å². The first kappa shape index (κ1) is 20.0. The predicted molar refractivity (Wildman–Crippen MR) is 96.3 cm³/mol. The van der Waals surface area contributed by atoms with Crippen molar-refractivity contribution in [1.29, 1.82) is 0 Å². The number of benzene rings is 1. The molecule has 2 amide bonds. The normalized spacial score (nSPS) is 21.8. The first-order chi connectivity index (χ1) is 12.4. The van der Waals surface area contributed by atoms with E-state index in [4.69, 9.17) is 26.2 Å². The summed E-state index contributed by atoms with van der Waals surface area (Å²) in [6.07, 6.45) is 1.66. The molecule has 3 rings (SSSR count). The molecule has 2 heterocycles. The highest BCUT2D eigenvalue weighted by Gasteiger charge is 2.45. The van der Waals surface area contributed by atoms with Crippen LogP contribution in [0.3, 0.4) is 0 Å². The fourth-order valence-electron chi connectivity index (χ4n) is 3.32. The molecule has 2 atom stereocenters. The first-order valence-electron chi connectivity index (χ1n) is 8.48. The van der Waals surface area contributed by atoms with Crippen LogP contribution in [0.2, 0.25) is 5.02 Å². The highest BCUT2D eigenvalue weighted by Crippen LogP contribution is 2.28. The summed E-state index contributed by atoms with van der Waals surface area (Å²) in [6, 6.07) is 4.88. The highest BCUT2D eigenvalue weighted by molar-refractivity contribution is 6.32. The van der Waals surface area contributed by atoms with Gasteiger partial charge in [-0.05, 0) is 44.4 Å². The van der Waals surface area contributed by atoms with E-state index in [1.165, 1.54) is 0 Å². The van der Waals surface area contributed by atoms with Crippen molar-refractivity contribution < 1.29 is 24.2 Å². The Morgan fingerprint density at radius 2 is 2.04 bits per heavy atom. The van der Waals surface area contributed by atoms with Gasteiger partial charge >= 0.3 is 0 Å². The number of nitrogens with zero attached hydrogens (tertiary/aromatic N) is 2. The van der Waals surface area contributed by atoms with E-state index >= 15 is 0 Å². The van der Waals surface area contributed by atoms with E-state index in [1.54, 1.807) is 22.8 Å². The second kappa shape index (κ2) is 8.89. The number of rotatable bonds is 4. The molecule has 2 aliphatic heterocycles. The molecule has 1 aromatic carbocycles. The minimum Gasteiger partial charge on any atom is -0.490 e. The molecule has 1 aromatic rings. The third kappa shape index (κ3) is 4.27. The monoisotopic (exact) mass is 382 g/mol. The Morgan fingerprint density at radius 1 is 1.35 bits per heavy atom. The third-order valence-electron chi connectivity index (χ3n) is 4.61. The molecule has 26 heavy (non-hydrogen) atoms. The predicted octanol–water partition coefficient (Wildman–Crippen LogP) is 1.95.